The van der Waals surface area contributed by atoms with Crippen molar-refractivity contribution in [3.05, 3.63) is 47.1 Å². The van der Waals surface area contributed by atoms with Gasteiger partial charge in [-0.3, -0.25) is 4.99 Å². The van der Waals surface area contributed by atoms with E-state index in [-0.39, 0.29) is 11.5 Å². The number of hydrogen-bond donors (Lipinski definition) is 2. The first-order chi connectivity index (χ1) is 11.2. The normalized spacial score (nSPS) is 22.4. The lowest BCUT2D eigenvalue weighted by Gasteiger charge is -2.12. The van der Waals surface area contributed by atoms with Gasteiger partial charge in [-0.15, -0.1) is 0 Å². The molecule has 0 bridgehead atoms. The summed E-state index contributed by atoms with van der Waals surface area (Å²) < 4.78 is 5.45. The third-order valence-electron chi connectivity index (χ3n) is 4.71. The topological polar surface area (TPSA) is 74.4 Å². The molecule has 0 radical (unpaired) electrons. The van der Waals surface area contributed by atoms with E-state index in [1.54, 1.807) is 18.2 Å². The summed E-state index contributed by atoms with van der Waals surface area (Å²) in [5.74, 6) is 0.301. The number of aromatic hydroxyl groups is 2. The van der Waals surface area contributed by atoms with Crippen LogP contribution in [0.3, 0.4) is 0 Å². The zero-order valence-electron chi connectivity index (χ0n) is 12.3. The molecule has 5 rings (SSSR count). The van der Waals surface area contributed by atoms with Gasteiger partial charge >= 0.3 is 0 Å². The molecule has 5 nitrogen and oxygen atoms in total. The van der Waals surface area contributed by atoms with Gasteiger partial charge in [0.25, 0.3) is 0 Å². The average Bonchev–Trinajstić information content (AvgIpc) is 3.18. The molecule has 1 unspecified atom stereocenters. The summed E-state index contributed by atoms with van der Waals surface area (Å²) in [6, 6.07) is 10.9. The predicted octanol–water partition coefficient (Wildman–Crippen LogP) is 1.77. The third-order valence-corrected chi connectivity index (χ3v) is 4.71. The van der Waals surface area contributed by atoms with Gasteiger partial charge in [0.2, 0.25) is 0 Å². The van der Waals surface area contributed by atoms with E-state index in [9.17, 15) is 10.2 Å². The number of phenolic OH excluding ortho intramolecular Hbond substituents is 2. The molecule has 3 aromatic carbocycles. The van der Waals surface area contributed by atoms with E-state index in [1.807, 2.05) is 18.2 Å². The SMILES string of the molecule is Oc1c2ccccc2c(O)c2c3c(ccc12)=NC1(CCOC1)N=3. The summed E-state index contributed by atoms with van der Waals surface area (Å²) in [5, 5.41) is 25.2. The first-order valence-corrected chi connectivity index (χ1v) is 7.61. The number of ether oxygens (including phenoxy) is 1. The number of hydrogen-bond acceptors (Lipinski definition) is 5. The Morgan fingerprint density at radius 3 is 2.43 bits per heavy atom. The molecule has 114 valence electrons. The molecule has 0 saturated carbocycles. The van der Waals surface area contributed by atoms with Crippen molar-refractivity contribution in [2.45, 2.75) is 12.1 Å². The summed E-state index contributed by atoms with van der Waals surface area (Å²) in [5.41, 5.74) is -0.565. The maximum Gasteiger partial charge on any atom is 0.176 e. The maximum atomic E-state index is 10.8. The first kappa shape index (κ1) is 12.8. The van der Waals surface area contributed by atoms with Gasteiger partial charge in [-0.05, 0) is 12.1 Å². The zero-order valence-corrected chi connectivity index (χ0v) is 12.3. The lowest BCUT2D eigenvalue weighted by atomic mass is 10.00. The van der Waals surface area contributed by atoms with Crippen molar-refractivity contribution in [3.8, 4) is 11.5 Å². The maximum absolute atomic E-state index is 10.8. The smallest absolute Gasteiger partial charge is 0.176 e. The highest BCUT2D eigenvalue weighted by Crippen LogP contribution is 2.39. The number of benzene rings is 3. The van der Waals surface area contributed by atoms with Crippen LogP contribution in [0.5, 0.6) is 11.5 Å². The van der Waals surface area contributed by atoms with E-state index >= 15 is 0 Å². The van der Waals surface area contributed by atoms with Crippen LogP contribution in [0.4, 0.5) is 0 Å². The van der Waals surface area contributed by atoms with Crippen molar-refractivity contribution in [3.63, 3.8) is 0 Å². The standard InChI is InChI=1S/C18H14N2O3/c21-16-10-3-1-2-4-11(10)17(22)14-12(16)5-6-13-15(14)20-18(19-13)7-8-23-9-18/h1-6,21-22H,7-9H2. The lowest BCUT2D eigenvalue weighted by Crippen LogP contribution is -2.22. The van der Waals surface area contributed by atoms with Gasteiger partial charge in [-0.25, -0.2) is 4.99 Å². The van der Waals surface area contributed by atoms with E-state index in [0.29, 0.717) is 40.1 Å². The molecule has 2 heterocycles. The summed E-state index contributed by atoms with van der Waals surface area (Å²) in [6.45, 7) is 1.10. The van der Waals surface area contributed by atoms with Gasteiger partial charge in [-0.1, -0.05) is 24.3 Å². The van der Waals surface area contributed by atoms with Crippen LogP contribution >= 0.6 is 0 Å². The van der Waals surface area contributed by atoms with Crippen LogP contribution < -0.4 is 10.7 Å². The molecular formula is C18H14N2O3. The Hall–Kier alpha value is -2.66. The lowest BCUT2D eigenvalue weighted by molar-refractivity contribution is 0.180. The minimum atomic E-state index is -0.565. The van der Waals surface area contributed by atoms with Gasteiger partial charge < -0.3 is 14.9 Å². The van der Waals surface area contributed by atoms with E-state index in [4.69, 9.17) is 14.7 Å². The van der Waals surface area contributed by atoms with E-state index < -0.39 is 5.66 Å². The monoisotopic (exact) mass is 306 g/mol. The van der Waals surface area contributed by atoms with Crippen molar-refractivity contribution in [2.75, 3.05) is 13.2 Å². The van der Waals surface area contributed by atoms with E-state index in [2.05, 4.69) is 0 Å². The molecule has 0 aromatic heterocycles. The van der Waals surface area contributed by atoms with Gasteiger partial charge in [-0.2, -0.15) is 0 Å². The number of fused-ring (bicyclic) bond motifs is 4. The Bertz CT molecular complexity index is 1100. The second-order valence-corrected chi connectivity index (χ2v) is 6.11. The second kappa shape index (κ2) is 4.20. The van der Waals surface area contributed by atoms with Gasteiger partial charge in [0.1, 0.15) is 11.5 Å². The third kappa shape index (κ3) is 1.60. The highest BCUT2D eigenvalue weighted by atomic mass is 16.5. The van der Waals surface area contributed by atoms with Crippen LogP contribution in [-0.2, 0) is 4.74 Å². The van der Waals surface area contributed by atoms with Gasteiger partial charge in [0, 0.05) is 22.6 Å². The highest BCUT2D eigenvalue weighted by Gasteiger charge is 2.36. The minimum absolute atomic E-state index is 0.139. The van der Waals surface area contributed by atoms with Crippen molar-refractivity contribution >= 4 is 21.5 Å². The summed E-state index contributed by atoms with van der Waals surface area (Å²) in [7, 11) is 0. The molecule has 2 N–H and O–H groups in total. The fourth-order valence-electron chi connectivity index (χ4n) is 3.57. The summed E-state index contributed by atoms with van der Waals surface area (Å²) in [6.07, 6.45) is 0.740. The second-order valence-electron chi connectivity index (χ2n) is 6.11. The van der Waals surface area contributed by atoms with Crippen LogP contribution in [0.2, 0.25) is 0 Å². The quantitative estimate of drug-likeness (QED) is 0.491. The fourth-order valence-corrected chi connectivity index (χ4v) is 3.57. The van der Waals surface area contributed by atoms with Gasteiger partial charge in [0.05, 0.1) is 29.3 Å². The molecule has 0 aliphatic carbocycles. The van der Waals surface area contributed by atoms with E-state index in [1.165, 1.54) is 0 Å². The molecule has 1 spiro atoms. The highest BCUT2D eigenvalue weighted by molar-refractivity contribution is 6.10. The fraction of sp³-hybridized carbons (Fsp3) is 0.222. The Kier molecular flexibility index (Phi) is 2.35. The van der Waals surface area contributed by atoms with Crippen LogP contribution in [0.1, 0.15) is 6.42 Å². The Labute approximate surface area is 131 Å². The van der Waals surface area contributed by atoms with Crippen molar-refractivity contribution in [1.29, 1.82) is 0 Å². The molecule has 3 aromatic rings. The molecule has 1 atom stereocenters. The van der Waals surface area contributed by atoms with Crippen molar-refractivity contribution < 1.29 is 14.9 Å². The van der Waals surface area contributed by atoms with Gasteiger partial charge in [0.15, 0.2) is 5.66 Å². The molecular weight excluding hydrogens is 292 g/mol. The van der Waals surface area contributed by atoms with Crippen LogP contribution in [0, 0.1) is 0 Å². The van der Waals surface area contributed by atoms with Crippen LogP contribution in [-0.4, -0.2) is 29.1 Å². The van der Waals surface area contributed by atoms with Crippen molar-refractivity contribution in [1.82, 2.24) is 0 Å². The molecule has 23 heavy (non-hydrogen) atoms. The number of nitrogens with zero attached hydrogens (tertiary/aromatic N) is 2. The molecule has 0 amide bonds. The minimum Gasteiger partial charge on any atom is -0.507 e. The molecule has 2 aliphatic rings. The van der Waals surface area contributed by atoms with Crippen molar-refractivity contribution in [2.24, 2.45) is 9.98 Å². The zero-order chi connectivity index (χ0) is 15.6. The average molecular weight is 306 g/mol. The van der Waals surface area contributed by atoms with Crippen LogP contribution in [0.25, 0.3) is 21.5 Å². The molecule has 2 aliphatic heterocycles. The molecule has 1 saturated heterocycles. The number of rotatable bonds is 0. The summed E-state index contributed by atoms with van der Waals surface area (Å²) >= 11 is 0. The largest absolute Gasteiger partial charge is 0.507 e. The first-order valence-electron chi connectivity index (χ1n) is 7.61. The predicted molar refractivity (Wildman–Crippen MR) is 85.3 cm³/mol. The Balaban J connectivity index is 2.00. The number of phenols is 2. The summed E-state index contributed by atoms with van der Waals surface area (Å²) in [4.78, 5) is 9.46. The molecule has 5 heteroatoms. The Morgan fingerprint density at radius 2 is 1.70 bits per heavy atom. The Morgan fingerprint density at radius 1 is 0.913 bits per heavy atom. The molecule has 1 fully saturated rings. The van der Waals surface area contributed by atoms with E-state index in [0.717, 1.165) is 11.8 Å². The van der Waals surface area contributed by atoms with Crippen LogP contribution in [0.15, 0.2) is 46.4 Å².